The minimum absolute atomic E-state index is 0.0243. The quantitative estimate of drug-likeness (QED) is 0.649. The molecule has 0 aromatic rings. The van der Waals surface area contributed by atoms with Crippen molar-refractivity contribution in [2.24, 2.45) is 17.6 Å². The molecule has 13 heavy (non-hydrogen) atoms. The van der Waals surface area contributed by atoms with E-state index in [4.69, 9.17) is 5.73 Å². The van der Waals surface area contributed by atoms with Gasteiger partial charge >= 0.3 is 0 Å². The molecule has 1 fully saturated rings. The Labute approximate surface area is 77.9 Å². The lowest BCUT2D eigenvalue weighted by molar-refractivity contribution is -0.128. The first-order chi connectivity index (χ1) is 6.11. The molecule has 1 aliphatic carbocycles. The minimum Gasteiger partial charge on any atom is -0.368 e. The van der Waals surface area contributed by atoms with Gasteiger partial charge in [0.15, 0.2) is 0 Å². The predicted octanol–water partition coefficient (Wildman–Crippen LogP) is 0.0241. The highest BCUT2D eigenvalue weighted by Gasteiger charge is 2.29. The molecule has 1 aliphatic rings. The molecule has 0 spiro atoms. The Morgan fingerprint density at radius 2 is 2.15 bits per heavy atom. The van der Waals surface area contributed by atoms with Crippen LogP contribution in [0.2, 0.25) is 0 Å². The lowest BCUT2D eigenvalue weighted by atomic mass is 9.97. The summed E-state index contributed by atoms with van der Waals surface area (Å²) in [4.78, 5) is 21.8. The number of carbonyl (C=O) groups is 2. The van der Waals surface area contributed by atoms with Crippen molar-refractivity contribution in [3.8, 4) is 0 Å². The summed E-state index contributed by atoms with van der Waals surface area (Å²) in [5, 5.41) is 2.54. The minimum atomic E-state index is -0.487. The topological polar surface area (TPSA) is 72.2 Å². The number of amides is 2. The fourth-order valence-corrected chi connectivity index (χ4v) is 1.84. The number of nitrogens with two attached hydrogens (primary N) is 1. The maximum Gasteiger partial charge on any atom is 0.236 e. The first-order valence-electron chi connectivity index (χ1n) is 4.67. The molecular weight excluding hydrogens is 168 g/mol. The molecule has 3 N–H and O–H groups in total. The smallest absolute Gasteiger partial charge is 0.236 e. The van der Waals surface area contributed by atoms with Crippen molar-refractivity contribution in [3.05, 3.63) is 0 Å². The SMILES string of the molecule is CC1CCCC1C(=O)NCC(N)=O. The van der Waals surface area contributed by atoms with E-state index in [9.17, 15) is 9.59 Å². The highest BCUT2D eigenvalue weighted by atomic mass is 16.2. The van der Waals surface area contributed by atoms with Gasteiger partial charge in [0.1, 0.15) is 0 Å². The van der Waals surface area contributed by atoms with Gasteiger partial charge in [-0.2, -0.15) is 0 Å². The standard InChI is InChI=1S/C9H16N2O2/c1-6-3-2-4-7(6)9(13)11-5-8(10)12/h6-7H,2-5H2,1H3,(H2,10,12)(H,11,13). The molecule has 4 nitrogen and oxygen atoms in total. The zero-order valence-corrected chi connectivity index (χ0v) is 7.88. The van der Waals surface area contributed by atoms with E-state index in [1.807, 2.05) is 0 Å². The van der Waals surface area contributed by atoms with E-state index in [1.165, 1.54) is 0 Å². The Kier molecular flexibility index (Phi) is 3.28. The van der Waals surface area contributed by atoms with Crippen LogP contribution in [0.1, 0.15) is 26.2 Å². The van der Waals surface area contributed by atoms with E-state index in [1.54, 1.807) is 0 Å². The Morgan fingerprint density at radius 3 is 2.62 bits per heavy atom. The molecule has 2 unspecified atom stereocenters. The molecule has 0 radical (unpaired) electrons. The van der Waals surface area contributed by atoms with Gasteiger partial charge in [0, 0.05) is 5.92 Å². The summed E-state index contributed by atoms with van der Waals surface area (Å²) in [5.41, 5.74) is 4.92. The van der Waals surface area contributed by atoms with Crippen LogP contribution in [-0.4, -0.2) is 18.4 Å². The van der Waals surface area contributed by atoms with Gasteiger partial charge in [-0.1, -0.05) is 13.3 Å². The Hall–Kier alpha value is -1.06. The summed E-state index contributed by atoms with van der Waals surface area (Å²) in [7, 11) is 0. The molecule has 4 heteroatoms. The molecule has 1 rings (SSSR count). The monoisotopic (exact) mass is 184 g/mol. The van der Waals surface area contributed by atoms with Gasteiger partial charge in [0.25, 0.3) is 0 Å². The Balaban J connectivity index is 2.34. The third kappa shape index (κ3) is 2.72. The second-order valence-electron chi connectivity index (χ2n) is 3.70. The lowest BCUT2D eigenvalue weighted by Gasteiger charge is -2.13. The van der Waals surface area contributed by atoms with Crippen molar-refractivity contribution >= 4 is 11.8 Å². The summed E-state index contributed by atoms with van der Waals surface area (Å²) in [5.74, 6) is 0.00928. The van der Waals surface area contributed by atoms with Crippen LogP contribution in [0.5, 0.6) is 0 Å². The van der Waals surface area contributed by atoms with Crippen molar-refractivity contribution in [1.82, 2.24) is 5.32 Å². The Bertz CT molecular complexity index is 216. The van der Waals surface area contributed by atoms with E-state index in [-0.39, 0.29) is 18.4 Å². The lowest BCUT2D eigenvalue weighted by Crippen LogP contribution is -2.37. The van der Waals surface area contributed by atoms with Crippen molar-refractivity contribution in [2.75, 3.05) is 6.54 Å². The number of nitrogens with one attached hydrogen (secondary N) is 1. The first kappa shape index (κ1) is 10.0. The van der Waals surface area contributed by atoms with Crippen molar-refractivity contribution in [1.29, 1.82) is 0 Å². The normalized spacial score (nSPS) is 27.2. The van der Waals surface area contributed by atoms with Crippen LogP contribution in [0.15, 0.2) is 0 Å². The highest BCUT2D eigenvalue weighted by molar-refractivity contribution is 5.85. The van der Waals surface area contributed by atoms with E-state index < -0.39 is 5.91 Å². The molecule has 74 valence electrons. The summed E-state index contributed by atoms with van der Waals surface area (Å²) in [6.07, 6.45) is 3.15. The summed E-state index contributed by atoms with van der Waals surface area (Å²) >= 11 is 0. The number of primary amides is 1. The third-order valence-corrected chi connectivity index (χ3v) is 2.64. The fraction of sp³-hybridized carbons (Fsp3) is 0.778. The van der Waals surface area contributed by atoms with Crippen LogP contribution in [0.3, 0.4) is 0 Å². The van der Waals surface area contributed by atoms with Crippen LogP contribution in [0.25, 0.3) is 0 Å². The molecule has 1 saturated carbocycles. The molecular formula is C9H16N2O2. The zero-order valence-electron chi connectivity index (χ0n) is 7.88. The van der Waals surface area contributed by atoms with E-state index in [0.717, 1.165) is 19.3 Å². The highest BCUT2D eigenvalue weighted by Crippen LogP contribution is 2.30. The largest absolute Gasteiger partial charge is 0.368 e. The maximum absolute atomic E-state index is 11.4. The molecule has 0 aliphatic heterocycles. The van der Waals surface area contributed by atoms with Crippen LogP contribution in [0.4, 0.5) is 0 Å². The maximum atomic E-state index is 11.4. The second-order valence-corrected chi connectivity index (χ2v) is 3.70. The van der Waals surface area contributed by atoms with Crippen molar-refractivity contribution < 1.29 is 9.59 Å². The van der Waals surface area contributed by atoms with Gasteiger partial charge in [0.2, 0.25) is 11.8 Å². The van der Waals surface area contributed by atoms with Crippen molar-refractivity contribution in [3.63, 3.8) is 0 Å². The molecule has 2 amide bonds. The second kappa shape index (κ2) is 4.25. The van der Waals surface area contributed by atoms with Crippen LogP contribution >= 0.6 is 0 Å². The number of hydrogen-bond acceptors (Lipinski definition) is 2. The van der Waals surface area contributed by atoms with Gasteiger partial charge in [-0.25, -0.2) is 0 Å². The third-order valence-electron chi connectivity index (χ3n) is 2.64. The number of hydrogen-bond donors (Lipinski definition) is 2. The average molecular weight is 184 g/mol. The van der Waals surface area contributed by atoms with E-state index in [2.05, 4.69) is 12.2 Å². The predicted molar refractivity (Wildman–Crippen MR) is 48.7 cm³/mol. The molecule has 0 aromatic heterocycles. The van der Waals surface area contributed by atoms with Gasteiger partial charge in [-0.3, -0.25) is 9.59 Å². The Morgan fingerprint density at radius 1 is 1.46 bits per heavy atom. The first-order valence-corrected chi connectivity index (χ1v) is 4.67. The molecule has 0 aromatic carbocycles. The summed E-state index contributed by atoms with van der Waals surface area (Å²) < 4.78 is 0. The molecule has 0 heterocycles. The van der Waals surface area contributed by atoms with Gasteiger partial charge < -0.3 is 11.1 Å². The molecule has 2 atom stereocenters. The van der Waals surface area contributed by atoms with Gasteiger partial charge in [0.05, 0.1) is 6.54 Å². The zero-order chi connectivity index (χ0) is 9.84. The van der Waals surface area contributed by atoms with Gasteiger partial charge in [-0.15, -0.1) is 0 Å². The van der Waals surface area contributed by atoms with Gasteiger partial charge in [-0.05, 0) is 18.8 Å². The number of rotatable bonds is 3. The van der Waals surface area contributed by atoms with E-state index in [0.29, 0.717) is 5.92 Å². The average Bonchev–Trinajstić information content (AvgIpc) is 2.47. The summed E-state index contributed by atoms with van der Waals surface area (Å²) in [6.45, 7) is 2.03. The molecule has 0 saturated heterocycles. The van der Waals surface area contributed by atoms with Crippen molar-refractivity contribution in [2.45, 2.75) is 26.2 Å². The van der Waals surface area contributed by atoms with Crippen LogP contribution in [0, 0.1) is 11.8 Å². The summed E-state index contributed by atoms with van der Waals surface area (Å²) in [6, 6.07) is 0. The fourth-order valence-electron chi connectivity index (χ4n) is 1.84. The molecule has 0 bridgehead atoms. The van der Waals surface area contributed by atoms with Crippen LogP contribution in [-0.2, 0) is 9.59 Å². The van der Waals surface area contributed by atoms with E-state index >= 15 is 0 Å². The number of carbonyl (C=O) groups excluding carboxylic acids is 2. The van der Waals surface area contributed by atoms with Crippen LogP contribution < -0.4 is 11.1 Å².